The minimum atomic E-state index is 0.405. The van der Waals surface area contributed by atoms with E-state index in [4.69, 9.17) is 24.7 Å². The first-order chi connectivity index (χ1) is 11.8. The molecule has 0 aliphatic heterocycles. The lowest BCUT2D eigenvalue weighted by atomic mass is 10.2. The standard InChI is InChI=1S/C19H25NO4/c1-3-21-16-7-5-6-8-17(16)23-11-12-24-18-10-9-15(14-20)13-19(18)22-4-2/h5-10,13H,3-4,11-12,14,20H2,1-2H3. The summed E-state index contributed by atoms with van der Waals surface area (Å²) in [4.78, 5) is 0. The fraction of sp³-hybridized carbons (Fsp3) is 0.368. The first kappa shape index (κ1) is 17.9. The van der Waals surface area contributed by atoms with Crippen LogP contribution in [-0.4, -0.2) is 26.4 Å². The van der Waals surface area contributed by atoms with Crippen LogP contribution in [0.2, 0.25) is 0 Å². The van der Waals surface area contributed by atoms with E-state index in [9.17, 15) is 0 Å². The van der Waals surface area contributed by atoms with Crippen LogP contribution in [0.4, 0.5) is 0 Å². The number of nitrogens with two attached hydrogens (primary N) is 1. The van der Waals surface area contributed by atoms with Crippen LogP contribution in [0.3, 0.4) is 0 Å². The van der Waals surface area contributed by atoms with Crippen LogP contribution in [0.1, 0.15) is 19.4 Å². The van der Waals surface area contributed by atoms with Gasteiger partial charge in [-0.3, -0.25) is 0 Å². The first-order valence-corrected chi connectivity index (χ1v) is 8.21. The minimum absolute atomic E-state index is 0.405. The van der Waals surface area contributed by atoms with Gasteiger partial charge in [-0.2, -0.15) is 0 Å². The fourth-order valence-electron chi connectivity index (χ4n) is 2.21. The van der Waals surface area contributed by atoms with Gasteiger partial charge in [0.1, 0.15) is 13.2 Å². The van der Waals surface area contributed by atoms with Gasteiger partial charge in [0.2, 0.25) is 0 Å². The molecule has 0 unspecified atom stereocenters. The Hall–Kier alpha value is -2.40. The molecule has 0 saturated carbocycles. The highest BCUT2D eigenvalue weighted by Gasteiger charge is 2.07. The molecule has 0 heterocycles. The highest BCUT2D eigenvalue weighted by Crippen LogP contribution is 2.29. The van der Waals surface area contributed by atoms with E-state index in [1.807, 2.05) is 56.3 Å². The molecule has 0 saturated heterocycles. The number of para-hydroxylation sites is 2. The molecule has 0 radical (unpaired) electrons. The first-order valence-electron chi connectivity index (χ1n) is 8.21. The lowest BCUT2D eigenvalue weighted by Gasteiger charge is -2.14. The van der Waals surface area contributed by atoms with Crippen molar-refractivity contribution in [1.82, 2.24) is 0 Å². The number of hydrogen-bond donors (Lipinski definition) is 1. The molecule has 0 aliphatic carbocycles. The molecule has 5 nitrogen and oxygen atoms in total. The quantitative estimate of drug-likeness (QED) is 0.676. The minimum Gasteiger partial charge on any atom is -0.490 e. The number of ether oxygens (including phenoxy) is 4. The lowest BCUT2D eigenvalue weighted by Crippen LogP contribution is -2.11. The van der Waals surface area contributed by atoms with Crippen LogP contribution in [0, 0.1) is 0 Å². The van der Waals surface area contributed by atoms with E-state index in [0.717, 1.165) is 11.3 Å². The van der Waals surface area contributed by atoms with Gasteiger partial charge in [0, 0.05) is 6.54 Å². The molecule has 0 atom stereocenters. The molecule has 5 heteroatoms. The summed E-state index contributed by atoms with van der Waals surface area (Å²) in [6, 6.07) is 13.3. The van der Waals surface area contributed by atoms with Crippen LogP contribution >= 0.6 is 0 Å². The molecule has 0 aliphatic rings. The Morgan fingerprint density at radius 2 is 1.25 bits per heavy atom. The van der Waals surface area contributed by atoms with Crippen molar-refractivity contribution in [3.05, 3.63) is 48.0 Å². The normalized spacial score (nSPS) is 10.3. The Morgan fingerprint density at radius 3 is 1.83 bits per heavy atom. The summed E-state index contributed by atoms with van der Waals surface area (Å²) < 4.78 is 22.7. The smallest absolute Gasteiger partial charge is 0.161 e. The molecule has 0 bridgehead atoms. The third kappa shape index (κ3) is 5.06. The summed E-state index contributed by atoms with van der Waals surface area (Å²) in [5.41, 5.74) is 6.67. The maximum atomic E-state index is 5.78. The average molecular weight is 331 g/mol. The zero-order chi connectivity index (χ0) is 17.2. The summed E-state index contributed by atoms with van der Waals surface area (Å²) >= 11 is 0. The zero-order valence-electron chi connectivity index (χ0n) is 14.3. The highest BCUT2D eigenvalue weighted by atomic mass is 16.6. The molecule has 0 fully saturated rings. The Morgan fingerprint density at radius 1 is 0.708 bits per heavy atom. The Balaban J connectivity index is 1.90. The average Bonchev–Trinajstić information content (AvgIpc) is 2.61. The third-order valence-electron chi connectivity index (χ3n) is 3.29. The van der Waals surface area contributed by atoms with Crippen LogP contribution in [0.15, 0.2) is 42.5 Å². The van der Waals surface area contributed by atoms with Crippen LogP contribution < -0.4 is 24.7 Å². The van der Waals surface area contributed by atoms with Crippen molar-refractivity contribution in [2.45, 2.75) is 20.4 Å². The van der Waals surface area contributed by atoms with Crippen molar-refractivity contribution in [2.24, 2.45) is 5.73 Å². The lowest BCUT2D eigenvalue weighted by molar-refractivity contribution is 0.201. The van der Waals surface area contributed by atoms with E-state index in [-0.39, 0.29) is 0 Å². The van der Waals surface area contributed by atoms with E-state index in [0.29, 0.717) is 50.2 Å². The molecule has 2 aromatic carbocycles. The molecular weight excluding hydrogens is 306 g/mol. The van der Waals surface area contributed by atoms with Crippen LogP contribution in [0.5, 0.6) is 23.0 Å². The van der Waals surface area contributed by atoms with Gasteiger partial charge in [0.05, 0.1) is 13.2 Å². The van der Waals surface area contributed by atoms with Crippen molar-refractivity contribution in [3.63, 3.8) is 0 Å². The van der Waals surface area contributed by atoms with E-state index in [1.54, 1.807) is 0 Å². The predicted molar refractivity (Wildman–Crippen MR) is 94.1 cm³/mol. The summed E-state index contributed by atoms with van der Waals surface area (Å²) in [5.74, 6) is 2.85. The van der Waals surface area contributed by atoms with Crippen molar-refractivity contribution in [3.8, 4) is 23.0 Å². The highest BCUT2D eigenvalue weighted by molar-refractivity contribution is 5.43. The number of benzene rings is 2. The monoisotopic (exact) mass is 331 g/mol. The second-order valence-electron chi connectivity index (χ2n) is 4.99. The summed E-state index contributed by atoms with van der Waals surface area (Å²) in [7, 11) is 0. The summed E-state index contributed by atoms with van der Waals surface area (Å²) in [6.07, 6.45) is 0. The number of rotatable bonds is 10. The largest absolute Gasteiger partial charge is 0.490 e. The SMILES string of the molecule is CCOc1ccccc1OCCOc1ccc(CN)cc1OCC. The number of hydrogen-bond acceptors (Lipinski definition) is 5. The molecule has 24 heavy (non-hydrogen) atoms. The van der Waals surface area contributed by atoms with E-state index < -0.39 is 0 Å². The van der Waals surface area contributed by atoms with Crippen LogP contribution in [0.25, 0.3) is 0 Å². The van der Waals surface area contributed by atoms with Gasteiger partial charge < -0.3 is 24.7 Å². The van der Waals surface area contributed by atoms with Gasteiger partial charge in [0.15, 0.2) is 23.0 Å². The van der Waals surface area contributed by atoms with Gasteiger partial charge in [-0.15, -0.1) is 0 Å². The molecule has 0 amide bonds. The van der Waals surface area contributed by atoms with Crippen molar-refractivity contribution >= 4 is 0 Å². The second kappa shape index (κ2) is 9.67. The molecule has 130 valence electrons. The van der Waals surface area contributed by atoms with Crippen molar-refractivity contribution < 1.29 is 18.9 Å². The van der Waals surface area contributed by atoms with Gasteiger partial charge in [-0.1, -0.05) is 18.2 Å². The van der Waals surface area contributed by atoms with Crippen molar-refractivity contribution in [1.29, 1.82) is 0 Å². The van der Waals surface area contributed by atoms with Crippen molar-refractivity contribution in [2.75, 3.05) is 26.4 Å². The molecule has 2 rings (SSSR count). The Labute approximate surface area is 143 Å². The fourth-order valence-corrected chi connectivity index (χ4v) is 2.21. The Bertz CT molecular complexity index is 631. The van der Waals surface area contributed by atoms with Gasteiger partial charge in [-0.05, 0) is 43.7 Å². The van der Waals surface area contributed by atoms with E-state index >= 15 is 0 Å². The maximum Gasteiger partial charge on any atom is 0.161 e. The molecular formula is C19H25NO4. The van der Waals surface area contributed by atoms with Gasteiger partial charge in [-0.25, -0.2) is 0 Å². The van der Waals surface area contributed by atoms with Gasteiger partial charge >= 0.3 is 0 Å². The molecule has 2 N–H and O–H groups in total. The third-order valence-corrected chi connectivity index (χ3v) is 3.29. The molecule has 2 aromatic rings. The van der Waals surface area contributed by atoms with E-state index in [1.165, 1.54) is 0 Å². The molecule has 0 spiro atoms. The summed E-state index contributed by atoms with van der Waals surface area (Å²) in [6.45, 7) is 6.34. The molecule has 0 aromatic heterocycles. The summed E-state index contributed by atoms with van der Waals surface area (Å²) in [5, 5.41) is 0. The topological polar surface area (TPSA) is 62.9 Å². The zero-order valence-corrected chi connectivity index (χ0v) is 14.3. The van der Waals surface area contributed by atoms with Crippen LogP contribution in [-0.2, 0) is 6.54 Å². The van der Waals surface area contributed by atoms with Gasteiger partial charge in [0.25, 0.3) is 0 Å². The second-order valence-corrected chi connectivity index (χ2v) is 4.99. The predicted octanol–water partition coefficient (Wildman–Crippen LogP) is 3.40. The van der Waals surface area contributed by atoms with E-state index in [2.05, 4.69) is 0 Å². The Kier molecular flexibility index (Phi) is 7.23. The maximum absolute atomic E-state index is 5.78.